The molecule has 1 N–H and O–H groups in total. The predicted molar refractivity (Wildman–Crippen MR) is 80.1 cm³/mol. The molecule has 4 heteroatoms. The minimum Gasteiger partial charge on any atom is -0.311 e. The van der Waals surface area contributed by atoms with E-state index in [1.54, 1.807) is 0 Å². The Morgan fingerprint density at radius 2 is 1.63 bits per heavy atom. The third-order valence-electron chi connectivity index (χ3n) is 5.06. The van der Waals surface area contributed by atoms with Crippen LogP contribution < -0.4 is 5.32 Å². The maximum Gasteiger partial charge on any atom is 0.150 e. The monoisotopic (exact) mass is 287 g/mol. The molecule has 0 aliphatic heterocycles. The minimum atomic E-state index is -2.86. The molecule has 2 rings (SSSR count). The molecular formula is C15H29NO2S. The lowest BCUT2D eigenvalue weighted by Gasteiger charge is -2.35. The molecule has 0 spiro atoms. The Labute approximate surface area is 118 Å². The average molecular weight is 287 g/mol. The Bertz CT molecular complexity index is 380. The molecule has 0 radical (unpaired) electrons. The van der Waals surface area contributed by atoms with Crippen LogP contribution in [0, 0.1) is 5.92 Å². The van der Waals surface area contributed by atoms with Gasteiger partial charge in [-0.25, -0.2) is 8.42 Å². The number of hydrogen-bond acceptors (Lipinski definition) is 3. The highest BCUT2D eigenvalue weighted by Crippen LogP contribution is 2.29. The van der Waals surface area contributed by atoms with Gasteiger partial charge in [-0.1, -0.05) is 32.6 Å². The SMILES string of the molecule is CCC1CCCC(NC2CCCC(S(C)(=O)=O)C2)C1. The van der Waals surface area contributed by atoms with Crippen molar-refractivity contribution in [2.45, 2.75) is 82.0 Å². The molecule has 2 fully saturated rings. The molecule has 0 aromatic heterocycles. The van der Waals surface area contributed by atoms with Gasteiger partial charge < -0.3 is 5.32 Å². The van der Waals surface area contributed by atoms with Gasteiger partial charge in [0.05, 0.1) is 5.25 Å². The van der Waals surface area contributed by atoms with Crippen molar-refractivity contribution in [3.8, 4) is 0 Å². The maximum atomic E-state index is 11.7. The first kappa shape index (κ1) is 15.3. The van der Waals surface area contributed by atoms with Gasteiger partial charge in [-0.3, -0.25) is 0 Å². The van der Waals surface area contributed by atoms with Crippen molar-refractivity contribution in [1.29, 1.82) is 0 Å². The van der Waals surface area contributed by atoms with Crippen molar-refractivity contribution < 1.29 is 8.42 Å². The molecule has 0 aromatic carbocycles. The molecule has 4 atom stereocenters. The smallest absolute Gasteiger partial charge is 0.150 e. The van der Waals surface area contributed by atoms with Crippen LogP contribution >= 0.6 is 0 Å². The summed E-state index contributed by atoms with van der Waals surface area (Å²) in [6.45, 7) is 2.29. The lowest BCUT2D eigenvalue weighted by Crippen LogP contribution is -2.45. The van der Waals surface area contributed by atoms with Crippen molar-refractivity contribution >= 4 is 9.84 Å². The fraction of sp³-hybridized carbons (Fsp3) is 1.00. The van der Waals surface area contributed by atoms with Gasteiger partial charge in [0.2, 0.25) is 0 Å². The van der Waals surface area contributed by atoms with Crippen molar-refractivity contribution in [1.82, 2.24) is 5.32 Å². The summed E-state index contributed by atoms with van der Waals surface area (Å²) in [7, 11) is -2.86. The molecule has 2 aliphatic rings. The molecule has 4 unspecified atom stereocenters. The van der Waals surface area contributed by atoms with E-state index < -0.39 is 9.84 Å². The van der Waals surface area contributed by atoms with Crippen LogP contribution in [0.1, 0.15) is 64.7 Å². The molecule has 0 heterocycles. The molecule has 2 aliphatic carbocycles. The van der Waals surface area contributed by atoms with E-state index in [0.717, 1.165) is 31.6 Å². The summed E-state index contributed by atoms with van der Waals surface area (Å²) in [6.07, 6.45) is 11.9. The highest BCUT2D eigenvalue weighted by atomic mass is 32.2. The number of sulfone groups is 1. The van der Waals surface area contributed by atoms with Crippen LogP contribution in [-0.2, 0) is 9.84 Å². The zero-order valence-corrected chi connectivity index (χ0v) is 13.2. The number of nitrogens with one attached hydrogen (secondary N) is 1. The fourth-order valence-electron chi connectivity index (χ4n) is 3.83. The topological polar surface area (TPSA) is 46.2 Å². The molecule has 0 amide bonds. The Morgan fingerprint density at radius 3 is 2.26 bits per heavy atom. The molecule has 112 valence electrons. The van der Waals surface area contributed by atoms with Crippen molar-refractivity contribution in [3.05, 3.63) is 0 Å². The van der Waals surface area contributed by atoms with Crippen molar-refractivity contribution in [2.24, 2.45) is 5.92 Å². The van der Waals surface area contributed by atoms with Gasteiger partial charge in [0, 0.05) is 18.3 Å². The zero-order chi connectivity index (χ0) is 13.9. The van der Waals surface area contributed by atoms with Gasteiger partial charge in [-0.15, -0.1) is 0 Å². The average Bonchev–Trinajstić information content (AvgIpc) is 2.38. The molecule has 2 saturated carbocycles. The Balaban J connectivity index is 1.85. The summed E-state index contributed by atoms with van der Waals surface area (Å²) in [5, 5.41) is 3.65. The van der Waals surface area contributed by atoms with Gasteiger partial charge in [0.25, 0.3) is 0 Å². The van der Waals surface area contributed by atoms with Crippen LogP contribution in [0.5, 0.6) is 0 Å². The number of rotatable bonds is 4. The quantitative estimate of drug-likeness (QED) is 0.865. The third-order valence-corrected chi connectivity index (χ3v) is 6.70. The van der Waals surface area contributed by atoms with Crippen molar-refractivity contribution in [3.63, 3.8) is 0 Å². The van der Waals surface area contributed by atoms with Gasteiger partial charge in [0.1, 0.15) is 9.84 Å². The molecule has 0 saturated heterocycles. The van der Waals surface area contributed by atoms with Crippen LogP contribution in [-0.4, -0.2) is 32.0 Å². The second-order valence-corrected chi connectivity index (χ2v) is 8.95. The van der Waals surface area contributed by atoms with Gasteiger partial charge in [-0.2, -0.15) is 0 Å². The van der Waals surface area contributed by atoms with Crippen LogP contribution in [0.3, 0.4) is 0 Å². The molecule has 3 nitrogen and oxygen atoms in total. The minimum absolute atomic E-state index is 0.107. The van der Waals surface area contributed by atoms with Gasteiger partial charge >= 0.3 is 0 Å². The second-order valence-electron chi connectivity index (χ2n) is 6.62. The van der Waals surface area contributed by atoms with E-state index in [1.807, 2.05) is 0 Å². The van der Waals surface area contributed by atoms with E-state index in [9.17, 15) is 8.42 Å². The largest absolute Gasteiger partial charge is 0.311 e. The summed E-state index contributed by atoms with van der Waals surface area (Å²) in [4.78, 5) is 0. The highest BCUT2D eigenvalue weighted by Gasteiger charge is 2.30. The van der Waals surface area contributed by atoms with Crippen LogP contribution in [0.4, 0.5) is 0 Å². The summed E-state index contributed by atoms with van der Waals surface area (Å²) < 4.78 is 23.4. The highest BCUT2D eigenvalue weighted by molar-refractivity contribution is 7.91. The van der Waals surface area contributed by atoms with Crippen molar-refractivity contribution in [2.75, 3.05) is 6.26 Å². The number of hydrogen-bond donors (Lipinski definition) is 1. The van der Waals surface area contributed by atoms with E-state index in [1.165, 1.54) is 38.4 Å². The van der Waals surface area contributed by atoms with Crippen LogP contribution in [0.2, 0.25) is 0 Å². The Hall–Kier alpha value is -0.0900. The summed E-state index contributed by atoms with van der Waals surface area (Å²) in [6, 6.07) is 1.05. The summed E-state index contributed by atoms with van der Waals surface area (Å²) in [5.74, 6) is 0.876. The molecular weight excluding hydrogens is 258 g/mol. The summed E-state index contributed by atoms with van der Waals surface area (Å²) in [5.41, 5.74) is 0. The van der Waals surface area contributed by atoms with Crippen LogP contribution in [0.15, 0.2) is 0 Å². The van der Waals surface area contributed by atoms with E-state index in [0.29, 0.717) is 12.1 Å². The fourth-order valence-corrected chi connectivity index (χ4v) is 5.01. The normalized spacial score (nSPS) is 37.2. The predicted octanol–water partition coefficient (Wildman–Crippen LogP) is 2.90. The Morgan fingerprint density at radius 1 is 1.00 bits per heavy atom. The van der Waals surface area contributed by atoms with E-state index in [4.69, 9.17) is 0 Å². The van der Waals surface area contributed by atoms with Gasteiger partial charge in [0.15, 0.2) is 0 Å². The Kier molecular flexibility index (Phi) is 5.29. The first-order chi connectivity index (χ1) is 8.99. The zero-order valence-electron chi connectivity index (χ0n) is 12.4. The van der Waals surface area contributed by atoms with E-state index >= 15 is 0 Å². The summed E-state index contributed by atoms with van der Waals surface area (Å²) >= 11 is 0. The van der Waals surface area contributed by atoms with Gasteiger partial charge in [-0.05, 0) is 38.0 Å². The lowest BCUT2D eigenvalue weighted by atomic mass is 9.83. The lowest BCUT2D eigenvalue weighted by molar-refractivity contribution is 0.242. The standard InChI is InChI=1S/C15H29NO2S/c1-3-12-6-4-7-13(10-12)16-14-8-5-9-15(11-14)19(2,17)18/h12-16H,3-11H2,1-2H3. The molecule has 19 heavy (non-hydrogen) atoms. The van der Waals surface area contributed by atoms with E-state index in [2.05, 4.69) is 12.2 Å². The second kappa shape index (κ2) is 6.57. The maximum absolute atomic E-state index is 11.7. The first-order valence-corrected chi connectivity index (χ1v) is 9.89. The molecule has 0 bridgehead atoms. The third kappa shape index (κ3) is 4.45. The first-order valence-electron chi connectivity index (χ1n) is 7.94. The molecule has 0 aromatic rings. The van der Waals surface area contributed by atoms with Crippen LogP contribution in [0.25, 0.3) is 0 Å². The van der Waals surface area contributed by atoms with E-state index in [-0.39, 0.29) is 5.25 Å².